The molecule has 28 heavy (non-hydrogen) atoms. The highest BCUT2D eigenvalue weighted by molar-refractivity contribution is 9.10. The van der Waals surface area contributed by atoms with Gasteiger partial charge < -0.3 is 20.9 Å². The lowest BCUT2D eigenvalue weighted by atomic mass is 10.2. The monoisotopic (exact) mass is 447 g/mol. The molecule has 8 heteroatoms. The molecule has 0 aliphatic rings. The van der Waals surface area contributed by atoms with Crippen molar-refractivity contribution in [1.29, 1.82) is 0 Å². The van der Waals surface area contributed by atoms with Crippen LogP contribution < -0.4 is 20.9 Å². The van der Waals surface area contributed by atoms with Crippen molar-refractivity contribution in [2.75, 3.05) is 35.6 Å². The topological polar surface area (TPSA) is 91.7 Å². The average molecular weight is 448 g/mol. The Balaban J connectivity index is 1.83. The van der Waals surface area contributed by atoms with E-state index in [9.17, 15) is 14.4 Å². The van der Waals surface area contributed by atoms with Crippen LogP contribution in [0.15, 0.2) is 53.0 Å². The van der Waals surface area contributed by atoms with E-state index in [0.717, 1.165) is 9.37 Å². The lowest BCUT2D eigenvalue weighted by Crippen LogP contribution is -3.13. The second-order valence-corrected chi connectivity index (χ2v) is 7.23. The van der Waals surface area contributed by atoms with E-state index in [1.54, 1.807) is 24.3 Å². The van der Waals surface area contributed by atoms with Crippen molar-refractivity contribution >= 4 is 50.7 Å². The van der Waals surface area contributed by atoms with Crippen LogP contribution in [0.5, 0.6) is 0 Å². The molecule has 148 valence electrons. The van der Waals surface area contributed by atoms with Gasteiger partial charge in [-0.3, -0.25) is 14.4 Å². The van der Waals surface area contributed by atoms with Crippen molar-refractivity contribution in [2.45, 2.75) is 13.8 Å². The van der Waals surface area contributed by atoms with Gasteiger partial charge in [-0.05, 0) is 55.5 Å². The van der Waals surface area contributed by atoms with E-state index in [-0.39, 0.29) is 30.8 Å². The van der Waals surface area contributed by atoms with Gasteiger partial charge in [0.05, 0.1) is 6.54 Å². The maximum Gasteiger partial charge on any atom is 0.279 e. The molecular weight excluding hydrogens is 424 g/mol. The normalized spacial score (nSPS) is 11.4. The predicted molar refractivity (Wildman–Crippen MR) is 113 cm³/mol. The Morgan fingerprint density at radius 1 is 0.786 bits per heavy atom. The van der Waals surface area contributed by atoms with Crippen LogP contribution in [0.3, 0.4) is 0 Å². The summed E-state index contributed by atoms with van der Waals surface area (Å²) in [6, 6.07) is 14.2. The first kappa shape index (κ1) is 21.6. The molecule has 2 rings (SSSR count). The standard InChI is InChI=1S/C20H23BrN4O3/c1-3-25(12-19(27)23-17-6-4-15(21)5-7-17)13-20(28)24-18-10-8-16(9-11-18)22-14(2)26/h4-11H,3,12-13H2,1-2H3,(H,22,26)(H,23,27)(H,24,28)/p+1. The molecular formula is C20H24BrN4O3+. The molecule has 3 amide bonds. The van der Waals surface area contributed by atoms with Gasteiger partial charge in [-0.25, -0.2) is 0 Å². The molecule has 0 aliphatic heterocycles. The molecule has 0 fully saturated rings. The van der Waals surface area contributed by atoms with E-state index in [1.165, 1.54) is 6.92 Å². The Bertz CT molecular complexity index is 822. The fourth-order valence-electron chi connectivity index (χ4n) is 2.55. The Hall–Kier alpha value is -2.71. The van der Waals surface area contributed by atoms with Crippen LogP contribution in [-0.4, -0.2) is 37.4 Å². The van der Waals surface area contributed by atoms with Crippen LogP contribution in [0.2, 0.25) is 0 Å². The quantitative estimate of drug-likeness (QED) is 0.497. The maximum absolute atomic E-state index is 12.3. The number of rotatable bonds is 8. The van der Waals surface area contributed by atoms with Crippen molar-refractivity contribution in [3.8, 4) is 0 Å². The van der Waals surface area contributed by atoms with Gasteiger partial charge in [-0.15, -0.1) is 0 Å². The molecule has 1 unspecified atom stereocenters. The number of quaternary nitrogens is 1. The summed E-state index contributed by atoms with van der Waals surface area (Å²) in [6.07, 6.45) is 0. The number of benzene rings is 2. The summed E-state index contributed by atoms with van der Waals surface area (Å²) in [5.74, 6) is -0.479. The number of hydrogen-bond donors (Lipinski definition) is 4. The number of hydrogen-bond acceptors (Lipinski definition) is 3. The van der Waals surface area contributed by atoms with Gasteiger partial charge >= 0.3 is 0 Å². The highest BCUT2D eigenvalue weighted by atomic mass is 79.9. The minimum atomic E-state index is -0.180. The zero-order valence-electron chi connectivity index (χ0n) is 15.8. The van der Waals surface area contributed by atoms with Crippen molar-refractivity contribution in [3.63, 3.8) is 0 Å². The van der Waals surface area contributed by atoms with E-state index in [1.807, 2.05) is 31.2 Å². The molecule has 0 saturated heterocycles. The summed E-state index contributed by atoms with van der Waals surface area (Å²) in [5.41, 5.74) is 2.01. The molecule has 2 aromatic rings. The largest absolute Gasteiger partial charge is 0.326 e. The zero-order chi connectivity index (χ0) is 20.5. The number of likely N-dealkylation sites (N-methyl/N-ethyl adjacent to an activating group) is 1. The minimum Gasteiger partial charge on any atom is -0.326 e. The molecule has 1 atom stereocenters. The number of nitrogens with one attached hydrogen (secondary N) is 4. The van der Waals surface area contributed by atoms with Crippen molar-refractivity contribution in [1.82, 2.24) is 0 Å². The lowest BCUT2D eigenvalue weighted by molar-refractivity contribution is -0.881. The molecule has 2 aromatic carbocycles. The smallest absolute Gasteiger partial charge is 0.279 e. The highest BCUT2D eigenvalue weighted by Crippen LogP contribution is 2.14. The van der Waals surface area contributed by atoms with Crippen LogP contribution >= 0.6 is 15.9 Å². The third-order valence-corrected chi connectivity index (χ3v) is 4.47. The molecule has 4 N–H and O–H groups in total. The second-order valence-electron chi connectivity index (χ2n) is 6.32. The minimum absolute atomic E-state index is 0.147. The van der Waals surface area contributed by atoms with Crippen molar-refractivity contribution in [2.24, 2.45) is 0 Å². The average Bonchev–Trinajstić information content (AvgIpc) is 2.64. The third kappa shape index (κ3) is 7.50. The van der Waals surface area contributed by atoms with E-state index in [2.05, 4.69) is 31.9 Å². The second kappa shape index (κ2) is 10.6. The van der Waals surface area contributed by atoms with Gasteiger partial charge in [0.15, 0.2) is 13.1 Å². The van der Waals surface area contributed by atoms with Crippen LogP contribution in [0, 0.1) is 0 Å². The fraction of sp³-hybridized carbons (Fsp3) is 0.250. The summed E-state index contributed by atoms with van der Waals surface area (Å²) < 4.78 is 0.938. The van der Waals surface area contributed by atoms with Gasteiger partial charge in [0, 0.05) is 28.5 Å². The number of halogens is 1. The molecule has 0 radical (unpaired) electrons. The summed E-state index contributed by atoms with van der Waals surface area (Å²) >= 11 is 3.35. The molecule has 0 heterocycles. The Morgan fingerprint density at radius 3 is 1.57 bits per heavy atom. The first-order chi connectivity index (χ1) is 13.4. The zero-order valence-corrected chi connectivity index (χ0v) is 17.4. The first-order valence-corrected chi connectivity index (χ1v) is 9.71. The first-order valence-electron chi connectivity index (χ1n) is 8.92. The molecule has 0 aliphatic carbocycles. The Kier molecular flexibility index (Phi) is 8.16. The van der Waals surface area contributed by atoms with Crippen LogP contribution in [0.1, 0.15) is 13.8 Å². The highest BCUT2D eigenvalue weighted by Gasteiger charge is 2.17. The van der Waals surface area contributed by atoms with Crippen LogP contribution in [0.4, 0.5) is 17.1 Å². The van der Waals surface area contributed by atoms with Gasteiger partial charge in [0.25, 0.3) is 11.8 Å². The van der Waals surface area contributed by atoms with Crippen LogP contribution in [0.25, 0.3) is 0 Å². The number of amides is 3. The SMILES string of the molecule is CC[NH+](CC(=O)Nc1ccc(Br)cc1)CC(=O)Nc1ccc(NC(C)=O)cc1. The number of anilines is 3. The summed E-state index contributed by atoms with van der Waals surface area (Å²) in [5, 5.41) is 8.31. The molecule has 0 saturated carbocycles. The van der Waals surface area contributed by atoms with E-state index in [4.69, 9.17) is 0 Å². The van der Waals surface area contributed by atoms with E-state index >= 15 is 0 Å². The summed E-state index contributed by atoms with van der Waals surface area (Å²) in [6.45, 7) is 4.38. The third-order valence-electron chi connectivity index (χ3n) is 3.94. The van der Waals surface area contributed by atoms with E-state index in [0.29, 0.717) is 23.6 Å². The number of carbonyl (C=O) groups excluding carboxylic acids is 3. The summed E-state index contributed by atoms with van der Waals surface area (Å²) in [4.78, 5) is 36.4. The predicted octanol–water partition coefficient (Wildman–Crippen LogP) is 1.89. The van der Waals surface area contributed by atoms with Crippen molar-refractivity contribution < 1.29 is 19.3 Å². The summed E-state index contributed by atoms with van der Waals surface area (Å²) in [7, 11) is 0. The molecule has 0 spiro atoms. The Morgan fingerprint density at radius 2 is 1.18 bits per heavy atom. The van der Waals surface area contributed by atoms with E-state index < -0.39 is 0 Å². The fourth-order valence-corrected chi connectivity index (χ4v) is 2.81. The van der Waals surface area contributed by atoms with Crippen molar-refractivity contribution in [3.05, 3.63) is 53.0 Å². The van der Waals surface area contributed by atoms with Gasteiger partial charge in [-0.1, -0.05) is 15.9 Å². The molecule has 0 bridgehead atoms. The number of carbonyl (C=O) groups is 3. The van der Waals surface area contributed by atoms with Gasteiger partial charge in [0.1, 0.15) is 0 Å². The van der Waals surface area contributed by atoms with Gasteiger partial charge in [0.2, 0.25) is 5.91 Å². The maximum atomic E-state index is 12.3. The van der Waals surface area contributed by atoms with Crippen LogP contribution in [-0.2, 0) is 14.4 Å². The Labute approximate surface area is 172 Å². The molecule has 7 nitrogen and oxygen atoms in total. The lowest BCUT2D eigenvalue weighted by Gasteiger charge is -2.17. The van der Waals surface area contributed by atoms with Gasteiger partial charge in [-0.2, -0.15) is 0 Å². The molecule has 0 aromatic heterocycles.